The Morgan fingerprint density at radius 2 is 1.89 bits per heavy atom. The van der Waals surface area contributed by atoms with E-state index in [9.17, 15) is 0 Å². The highest BCUT2D eigenvalue weighted by Crippen LogP contribution is 2.46. The van der Waals surface area contributed by atoms with E-state index >= 15 is 0 Å². The van der Waals surface area contributed by atoms with Gasteiger partial charge in [-0.15, -0.1) is 0 Å². The van der Waals surface area contributed by atoms with Crippen LogP contribution in [0.3, 0.4) is 0 Å². The molecule has 2 nitrogen and oxygen atoms in total. The van der Waals surface area contributed by atoms with E-state index in [1.165, 1.54) is 61.1 Å². The normalized spacial score (nSPS) is 17.8. The standard InChI is InChI=1S/C15H24N2S2/c1-2-3-4-5-6-9-12-17-13-10-7-8-11-14(13)18-15(17)19-16/h7-8,10-11,15H,2-6,9,12,16H2,1H3. The van der Waals surface area contributed by atoms with Gasteiger partial charge in [0.05, 0.1) is 5.69 Å². The second-order valence-corrected chi connectivity index (χ2v) is 7.13. The van der Waals surface area contributed by atoms with Gasteiger partial charge in [-0.25, -0.2) is 0 Å². The minimum absolute atomic E-state index is 0.355. The highest BCUT2D eigenvalue weighted by atomic mass is 32.2. The molecule has 19 heavy (non-hydrogen) atoms. The Bertz CT molecular complexity index is 384. The number of hydrogen-bond donors (Lipinski definition) is 1. The largest absolute Gasteiger partial charge is 0.349 e. The molecular formula is C15H24N2S2. The van der Waals surface area contributed by atoms with Crippen LogP contribution in [0.1, 0.15) is 45.4 Å². The van der Waals surface area contributed by atoms with Crippen molar-refractivity contribution in [3.63, 3.8) is 0 Å². The Kier molecular flexibility index (Phi) is 6.41. The molecule has 1 aliphatic rings. The molecule has 0 saturated carbocycles. The quantitative estimate of drug-likeness (QED) is 0.548. The number of rotatable bonds is 8. The molecule has 1 heterocycles. The third-order valence-corrected chi connectivity index (χ3v) is 5.69. The Hall–Kier alpha value is -0.320. The van der Waals surface area contributed by atoms with E-state index in [1.54, 1.807) is 0 Å². The smallest absolute Gasteiger partial charge is 0.140 e. The van der Waals surface area contributed by atoms with E-state index in [1.807, 2.05) is 11.8 Å². The van der Waals surface area contributed by atoms with Crippen molar-refractivity contribution in [2.24, 2.45) is 5.14 Å². The summed E-state index contributed by atoms with van der Waals surface area (Å²) in [4.78, 5) is 3.83. The van der Waals surface area contributed by atoms with E-state index < -0.39 is 0 Å². The zero-order chi connectivity index (χ0) is 13.5. The first kappa shape index (κ1) is 15.1. The highest BCUT2D eigenvalue weighted by Gasteiger charge is 2.28. The van der Waals surface area contributed by atoms with Gasteiger partial charge in [0.15, 0.2) is 0 Å². The van der Waals surface area contributed by atoms with Crippen molar-refractivity contribution in [2.75, 3.05) is 11.4 Å². The minimum Gasteiger partial charge on any atom is -0.349 e. The summed E-state index contributed by atoms with van der Waals surface area (Å²) in [6.45, 7) is 3.40. The van der Waals surface area contributed by atoms with Gasteiger partial charge in [-0.3, -0.25) is 5.14 Å². The number of anilines is 1. The van der Waals surface area contributed by atoms with E-state index in [0.717, 1.165) is 6.54 Å². The summed E-state index contributed by atoms with van der Waals surface area (Å²) in [5.41, 5.74) is 1.36. The van der Waals surface area contributed by atoms with Crippen molar-refractivity contribution in [1.82, 2.24) is 0 Å². The van der Waals surface area contributed by atoms with E-state index in [2.05, 4.69) is 36.1 Å². The van der Waals surface area contributed by atoms with Crippen molar-refractivity contribution in [3.05, 3.63) is 24.3 Å². The average molecular weight is 297 g/mol. The Balaban J connectivity index is 1.81. The first-order chi connectivity index (χ1) is 9.36. The van der Waals surface area contributed by atoms with Crippen LogP contribution in [0.4, 0.5) is 5.69 Å². The molecule has 2 rings (SSSR count). The van der Waals surface area contributed by atoms with Crippen LogP contribution in [0.15, 0.2) is 29.2 Å². The number of para-hydroxylation sites is 1. The fourth-order valence-electron chi connectivity index (χ4n) is 2.47. The second kappa shape index (κ2) is 8.08. The third-order valence-electron chi connectivity index (χ3n) is 3.53. The zero-order valence-electron chi connectivity index (χ0n) is 11.7. The first-order valence-electron chi connectivity index (χ1n) is 7.24. The lowest BCUT2D eigenvalue weighted by Gasteiger charge is -2.24. The Morgan fingerprint density at radius 1 is 1.16 bits per heavy atom. The molecule has 0 aliphatic carbocycles. The molecule has 0 amide bonds. The average Bonchev–Trinajstić information content (AvgIpc) is 2.81. The number of thioether (sulfide) groups is 1. The number of benzene rings is 1. The summed E-state index contributed by atoms with van der Waals surface area (Å²) in [6, 6.07) is 8.65. The molecule has 0 radical (unpaired) electrons. The van der Waals surface area contributed by atoms with Crippen LogP contribution in [0.25, 0.3) is 0 Å². The van der Waals surface area contributed by atoms with Crippen LogP contribution in [-0.4, -0.2) is 11.3 Å². The molecule has 1 aromatic carbocycles. The van der Waals surface area contributed by atoms with Crippen LogP contribution in [-0.2, 0) is 0 Å². The van der Waals surface area contributed by atoms with Gasteiger partial charge in [-0.05, 0) is 30.5 Å². The minimum atomic E-state index is 0.355. The maximum Gasteiger partial charge on any atom is 0.140 e. The maximum atomic E-state index is 5.83. The lowest BCUT2D eigenvalue weighted by Crippen LogP contribution is -2.29. The van der Waals surface area contributed by atoms with Gasteiger partial charge in [-0.1, -0.05) is 62.9 Å². The molecule has 1 aliphatic heterocycles. The van der Waals surface area contributed by atoms with Crippen LogP contribution >= 0.6 is 23.7 Å². The van der Waals surface area contributed by atoms with E-state index in [4.69, 9.17) is 5.14 Å². The van der Waals surface area contributed by atoms with Crippen LogP contribution in [0, 0.1) is 0 Å². The van der Waals surface area contributed by atoms with Gasteiger partial charge in [-0.2, -0.15) is 0 Å². The van der Waals surface area contributed by atoms with Gasteiger partial charge in [0, 0.05) is 11.4 Å². The molecule has 0 spiro atoms. The van der Waals surface area contributed by atoms with Crippen LogP contribution in [0.2, 0.25) is 0 Å². The molecule has 1 aromatic rings. The molecule has 1 atom stereocenters. The topological polar surface area (TPSA) is 29.3 Å². The number of hydrogen-bond acceptors (Lipinski definition) is 4. The number of nitrogens with two attached hydrogens (primary N) is 1. The summed E-state index contributed by atoms with van der Waals surface area (Å²) >= 11 is 3.34. The monoisotopic (exact) mass is 296 g/mol. The first-order valence-corrected chi connectivity index (χ1v) is 9.07. The fourth-order valence-corrected chi connectivity index (χ4v) is 4.40. The van der Waals surface area contributed by atoms with Crippen molar-refractivity contribution in [3.8, 4) is 0 Å². The molecule has 0 saturated heterocycles. The SMILES string of the molecule is CCCCCCCCN1c2ccccc2SC1SN. The molecule has 106 valence electrons. The fraction of sp³-hybridized carbons (Fsp3) is 0.600. The molecule has 2 N–H and O–H groups in total. The van der Waals surface area contributed by atoms with Crippen molar-refractivity contribution >= 4 is 29.4 Å². The predicted molar refractivity (Wildman–Crippen MR) is 88.6 cm³/mol. The number of fused-ring (bicyclic) bond motifs is 1. The number of nitrogens with zero attached hydrogens (tertiary/aromatic N) is 1. The molecular weight excluding hydrogens is 272 g/mol. The Labute approximate surface area is 125 Å². The summed E-state index contributed by atoms with van der Waals surface area (Å²) in [7, 11) is 0. The lowest BCUT2D eigenvalue weighted by molar-refractivity contribution is 0.604. The molecule has 0 aromatic heterocycles. The van der Waals surface area contributed by atoms with Crippen molar-refractivity contribution in [2.45, 2.75) is 55.1 Å². The lowest BCUT2D eigenvalue weighted by atomic mass is 10.1. The molecule has 1 unspecified atom stereocenters. The van der Waals surface area contributed by atoms with E-state index in [-0.39, 0.29) is 0 Å². The zero-order valence-corrected chi connectivity index (χ0v) is 13.3. The number of unbranched alkanes of at least 4 members (excludes halogenated alkanes) is 5. The van der Waals surface area contributed by atoms with Crippen LogP contribution in [0.5, 0.6) is 0 Å². The van der Waals surface area contributed by atoms with Crippen molar-refractivity contribution in [1.29, 1.82) is 0 Å². The molecule has 4 heteroatoms. The predicted octanol–water partition coefficient (Wildman–Crippen LogP) is 4.85. The van der Waals surface area contributed by atoms with Gasteiger partial charge < -0.3 is 4.90 Å². The van der Waals surface area contributed by atoms with Gasteiger partial charge in [0.1, 0.15) is 4.71 Å². The highest BCUT2D eigenvalue weighted by molar-refractivity contribution is 8.16. The molecule has 0 fully saturated rings. The van der Waals surface area contributed by atoms with Crippen molar-refractivity contribution < 1.29 is 0 Å². The Morgan fingerprint density at radius 3 is 2.68 bits per heavy atom. The van der Waals surface area contributed by atoms with Gasteiger partial charge in [0.25, 0.3) is 0 Å². The van der Waals surface area contributed by atoms with Crippen LogP contribution < -0.4 is 10.0 Å². The van der Waals surface area contributed by atoms with Gasteiger partial charge in [0.2, 0.25) is 0 Å². The summed E-state index contributed by atoms with van der Waals surface area (Å²) in [5, 5.41) is 5.83. The van der Waals surface area contributed by atoms with E-state index in [0.29, 0.717) is 4.71 Å². The molecule has 0 bridgehead atoms. The third kappa shape index (κ3) is 4.07. The summed E-state index contributed by atoms with van der Waals surface area (Å²) in [6.07, 6.45) is 8.07. The second-order valence-electron chi connectivity index (χ2n) is 4.99. The van der Waals surface area contributed by atoms with Gasteiger partial charge >= 0.3 is 0 Å². The summed E-state index contributed by atoms with van der Waals surface area (Å²) < 4.78 is 0.355. The maximum absolute atomic E-state index is 5.83. The summed E-state index contributed by atoms with van der Waals surface area (Å²) in [5.74, 6) is 0.